The van der Waals surface area contributed by atoms with Crippen molar-refractivity contribution in [2.24, 2.45) is 0 Å². The molecule has 4 nitrogen and oxygen atoms in total. The van der Waals surface area contributed by atoms with Gasteiger partial charge in [-0.25, -0.2) is 0 Å². The van der Waals surface area contributed by atoms with Crippen molar-refractivity contribution in [1.29, 1.82) is 0 Å². The molecule has 0 fully saturated rings. The largest absolute Gasteiger partial charge is 0.393 e. The van der Waals surface area contributed by atoms with E-state index in [1.54, 1.807) is 0 Å². The Morgan fingerprint density at radius 3 is 2.25 bits per heavy atom. The summed E-state index contributed by atoms with van der Waals surface area (Å²) in [4.78, 5) is 0. The van der Waals surface area contributed by atoms with E-state index in [1.807, 2.05) is 6.92 Å². The van der Waals surface area contributed by atoms with Crippen LogP contribution in [0.25, 0.3) is 0 Å². The molecule has 0 aromatic heterocycles. The Morgan fingerprint density at radius 1 is 1.42 bits per heavy atom. The smallest absolute Gasteiger partial charge is 0.330 e. The van der Waals surface area contributed by atoms with Crippen LogP contribution in [0.5, 0.6) is 0 Å². The maximum Gasteiger partial charge on any atom is 0.330 e. The third-order valence-electron chi connectivity index (χ3n) is 1.76. The van der Waals surface area contributed by atoms with Crippen molar-refractivity contribution in [3.8, 4) is 0 Å². The van der Waals surface area contributed by atoms with Crippen molar-refractivity contribution in [2.45, 2.75) is 25.9 Å². The number of aliphatic hydroxyl groups is 1. The molecule has 1 atom stereocenters. The predicted molar refractivity (Wildman–Crippen MR) is 47.4 cm³/mol. The van der Waals surface area contributed by atoms with Crippen molar-refractivity contribution in [3.63, 3.8) is 0 Å². The molecule has 5 heteroatoms. The molecule has 0 saturated heterocycles. The molecule has 0 radical (unpaired) electrons. The van der Waals surface area contributed by atoms with Crippen LogP contribution in [0.3, 0.4) is 0 Å². The lowest BCUT2D eigenvalue weighted by atomic mass is 10.2. The number of rotatable bonds is 6. The molecule has 0 aromatic rings. The summed E-state index contributed by atoms with van der Waals surface area (Å²) in [7, 11) is -0.209. The molecule has 0 saturated carbocycles. The van der Waals surface area contributed by atoms with Crippen molar-refractivity contribution < 1.29 is 18.7 Å². The van der Waals surface area contributed by atoms with Crippen LogP contribution >= 0.6 is 7.60 Å². The normalized spacial score (nSPS) is 14.7. The second kappa shape index (κ2) is 5.70. The Bertz CT molecular complexity index is 151. The lowest BCUT2D eigenvalue weighted by Gasteiger charge is -2.14. The molecule has 74 valence electrons. The topological polar surface area (TPSA) is 55.8 Å². The van der Waals surface area contributed by atoms with Gasteiger partial charge in [0, 0.05) is 14.2 Å². The summed E-state index contributed by atoms with van der Waals surface area (Å²) in [6.45, 7) is 1.87. The lowest BCUT2D eigenvalue weighted by Crippen LogP contribution is -2.08. The minimum absolute atomic E-state index is 0.273. The molecule has 0 amide bonds. The summed E-state index contributed by atoms with van der Waals surface area (Å²) in [5.41, 5.74) is 0. The maximum absolute atomic E-state index is 11.4. The monoisotopic (exact) mass is 196 g/mol. The van der Waals surface area contributed by atoms with Gasteiger partial charge in [-0.1, -0.05) is 6.92 Å². The zero-order valence-corrected chi connectivity index (χ0v) is 8.71. The summed E-state index contributed by atoms with van der Waals surface area (Å²) in [5.74, 6) is 0. The summed E-state index contributed by atoms with van der Waals surface area (Å²) in [6.07, 6.45) is 0.973. The summed E-state index contributed by atoms with van der Waals surface area (Å²) >= 11 is 0. The number of hydrogen-bond donors (Lipinski definition) is 1. The summed E-state index contributed by atoms with van der Waals surface area (Å²) in [5, 5.41) is 9.18. The fourth-order valence-electron chi connectivity index (χ4n) is 0.768. The first-order chi connectivity index (χ1) is 5.58. The summed E-state index contributed by atoms with van der Waals surface area (Å²) < 4.78 is 20.8. The van der Waals surface area contributed by atoms with Gasteiger partial charge in [-0.05, 0) is 12.8 Å². The minimum atomic E-state index is -2.91. The van der Waals surface area contributed by atoms with E-state index >= 15 is 0 Å². The fraction of sp³-hybridized carbons (Fsp3) is 1.00. The molecule has 0 aromatic carbocycles. The third kappa shape index (κ3) is 4.21. The van der Waals surface area contributed by atoms with E-state index in [0.717, 1.165) is 0 Å². The van der Waals surface area contributed by atoms with Gasteiger partial charge in [-0.3, -0.25) is 4.57 Å². The Hall–Kier alpha value is 0.110. The Kier molecular flexibility index (Phi) is 5.76. The van der Waals surface area contributed by atoms with E-state index < -0.39 is 13.7 Å². The molecule has 0 aliphatic heterocycles. The molecule has 1 N–H and O–H groups in total. The van der Waals surface area contributed by atoms with Crippen LogP contribution in [0, 0.1) is 0 Å². The van der Waals surface area contributed by atoms with Gasteiger partial charge < -0.3 is 14.2 Å². The number of hydrogen-bond acceptors (Lipinski definition) is 4. The summed E-state index contributed by atoms with van der Waals surface area (Å²) in [6, 6.07) is 0. The molecular weight excluding hydrogens is 179 g/mol. The number of aliphatic hydroxyl groups excluding tert-OH is 1. The molecule has 0 aliphatic carbocycles. The fourth-order valence-corrected chi connectivity index (χ4v) is 1.90. The van der Waals surface area contributed by atoms with E-state index in [4.69, 9.17) is 9.05 Å². The molecule has 0 aliphatic rings. The van der Waals surface area contributed by atoms with Crippen molar-refractivity contribution in [3.05, 3.63) is 0 Å². The SMILES string of the molecule is CCC(O)CCP(=O)(OC)OC. The zero-order valence-electron chi connectivity index (χ0n) is 7.82. The van der Waals surface area contributed by atoms with Gasteiger partial charge >= 0.3 is 7.60 Å². The molecule has 0 bridgehead atoms. The highest BCUT2D eigenvalue weighted by atomic mass is 31.2. The van der Waals surface area contributed by atoms with Crippen LogP contribution in [0.15, 0.2) is 0 Å². The van der Waals surface area contributed by atoms with Crippen molar-refractivity contribution in [1.82, 2.24) is 0 Å². The van der Waals surface area contributed by atoms with E-state index in [2.05, 4.69) is 0 Å². The molecule has 12 heavy (non-hydrogen) atoms. The van der Waals surface area contributed by atoms with Gasteiger partial charge in [0.1, 0.15) is 0 Å². The predicted octanol–water partition coefficient (Wildman–Crippen LogP) is 1.63. The van der Waals surface area contributed by atoms with E-state index in [-0.39, 0.29) is 6.16 Å². The Balaban J connectivity index is 3.81. The molecule has 1 unspecified atom stereocenters. The van der Waals surface area contributed by atoms with E-state index in [0.29, 0.717) is 12.8 Å². The Morgan fingerprint density at radius 2 is 1.92 bits per heavy atom. The van der Waals surface area contributed by atoms with Gasteiger partial charge in [0.2, 0.25) is 0 Å². The van der Waals surface area contributed by atoms with Gasteiger partial charge in [-0.2, -0.15) is 0 Å². The van der Waals surface area contributed by atoms with Gasteiger partial charge in [-0.15, -0.1) is 0 Å². The van der Waals surface area contributed by atoms with E-state index in [9.17, 15) is 9.67 Å². The maximum atomic E-state index is 11.4. The first kappa shape index (κ1) is 12.1. The molecular formula is C7H17O4P. The minimum Gasteiger partial charge on any atom is -0.393 e. The van der Waals surface area contributed by atoms with Crippen molar-refractivity contribution in [2.75, 3.05) is 20.4 Å². The second-order valence-corrected chi connectivity index (χ2v) is 4.95. The Labute approximate surface area is 73.4 Å². The standard InChI is InChI=1S/C7H17O4P/c1-4-7(8)5-6-12(9,10-2)11-3/h7-8H,4-6H2,1-3H3. The highest BCUT2D eigenvalue weighted by Crippen LogP contribution is 2.46. The van der Waals surface area contributed by atoms with Crippen LogP contribution in [-0.2, 0) is 13.6 Å². The lowest BCUT2D eigenvalue weighted by molar-refractivity contribution is 0.163. The zero-order chi connectivity index (χ0) is 9.61. The third-order valence-corrected chi connectivity index (χ3v) is 3.68. The first-order valence-corrected chi connectivity index (χ1v) is 5.69. The highest BCUT2D eigenvalue weighted by molar-refractivity contribution is 7.53. The quantitative estimate of drug-likeness (QED) is 0.656. The average Bonchev–Trinajstić information content (AvgIpc) is 2.13. The van der Waals surface area contributed by atoms with E-state index in [1.165, 1.54) is 14.2 Å². The second-order valence-electron chi connectivity index (χ2n) is 2.55. The highest BCUT2D eigenvalue weighted by Gasteiger charge is 2.21. The van der Waals surface area contributed by atoms with Gasteiger partial charge in [0.25, 0.3) is 0 Å². The van der Waals surface area contributed by atoms with Gasteiger partial charge in [0.15, 0.2) is 0 Å². The van der Waals surface area contributed by atoms with Gasteiger partial charge in [0.05, 0.1) is 12.3 Å². The van der Waals surface area contributed by atoms with Crippen LogP contribution in [-0.4, -0.2) is 31.6 Å². The first-order valence-electron chi connectivity index (χ1n) is 3.96. The van der Waals surface area contributed by atoms with Crippen LogP contribution < -0.4 is 0 Å². The van der Waals surface area contributed by atoms with Crippen molar-refractivity contribution >= 4 is 7.60 Å². The van der Waals surface area contributed by atoms with Crippen LogP contribution in [0.2, 0.25) is 0 Å². The molecule has 0 rings (SSSR count). The average molecular weight is 196 g/mol. The molecule has 0 spiro atoms. The van der Waals surface area contributed by atoms with Crippen LogP contribution in [0.4, 0.5) is 0 Å². The van der Waals surface area contributed by atoms with Crippen LogP contribution in [0.1, 0.15) is 19.8 Å². The molecule has 0 heterocycles.